The molecule has 166 valence electrons. The van der Waals surface area contributed by atoms with Crippen LogP contribution >= 0.6 is 11.3 Å². The maximum absolute atomic E-state index is 13.2. The molecule has 0 aliphatic carbocycles. The SMILES string of the molecule is CC(C)NS(=O)(=O)c1ccc(NC(=O)Cc2csc3nc(-c4ccc(F)cc4)cn23)cc1. The van der Waals surface area contributed by atoms with E-state index in [9.17, 15) is 17.6 Å². The minimum atomic E-state index is -3.59. The normalized spacial score (nSPS) is 11.9. The monoisotopic (exact) mass is 472 g/mol. The Balaban J connectivity index is 1.45. The van der Waals surface area contributed by atoms with E-state index in [0.717, 1.165) is 16.2 Å². The summed E-state index contributed by atoms with van der Waals surface area (Å²) < 4.78 is 41.9. The number of sulfonamides is 1. The fourth-order valence-electron chi connectivity index (χ4n) is 3.18. The molecule has 0 aliphatic rings. The average molecular weight is 473 g/mol. The minimum absolute atomic E-state index is 0.119. The van der Waals surface area contributed by atoms with Crippen LogP contribution < -0.4 is 10.0 Å². The lowest BCUT2D eigenvalue weighted by molar-refractivity contribution is -0.115. The van der Waals surface area contributed by atoms with E-state index < -0.39 is 10.0 Å². The van der Waals surface area contributed by atoms with Crippen LogP contribution in [0.25, 0.3) is 16.2 Å². The lowest BCUT2D eigenvalue weighted by atomic mass is 10.2. The third-order valence-electron chi connectivity index (χ3n) is 4.60. The maximum Gasteiger partial charge on any atom is 0.240 e. The number of fused-ring (bicyclic) bond motifs is 1. The number of aromatic nitrogens is 2. The summed E-state index contributed by atoms with van der Waals surface area (Å²) in [5.74, 6) is -0.549. The van der Waals surface area contributed by atoms with Crippen molar-refractivity contribution in [1.29, 1.82) is 0 Å². The topological polar surface area (TPSA) is 92.6 Å². The summed E-state index contributed by atoms with van der Waals surface area (Å²) >= 11 is 1.41. The summed E-state index contributed by atoms with van der Waals surface area (Å²) in [6.45, 7) is 3.49. The highest BCUT2D eigenvalue weighted by atomic mass is 32.2. The van der Waals surface area contributed by atoms with Gasteiger partial charge in [0.2, 0.25) is 15.9 Å². The summed E-state index contributed by atoms with van der Waals surface area (Å²) in [6.07, 6.45) is 1.94. The van der Waals surface area contributed by atoms with Gasteiger partial charge in [-0.1, -0.05) is 0 Å². The Morgan fingerprint density at radius 2 is 1.81 bits per heavy atom. The smallest absolute Gasteiger partial charge is 0.240 e. The van der Waals surface area contributed by atoms with Crippen LogP contribution in [0.2, 0.25) is 0 Å². The minimum Gasteiger partial charge on any atom is -0.326 e. The van der Waals surface area contributed by atoms with E-state index in [1.54, 1.807) is 38.1 Å². The molecule has 0 unspecified atom stereocenters. The molecule has 32 heavy (non-hydrogen) atoms. The van der Waals surface area contributed by atoms with E-state index in [-0.39, 0.29) is 29.1 Å². The zero-order chi connectivity index (χ0) is 22.9. The Morgan fingerprint density at radius 3 is 2.47 bits per heavy atom. The van der Waals surface area contributed by atoms with E-state index in [0.29, 0.717) is 11.4 Å². The van der Waals surface area contributed by atoms with Crippen LogP contribution in [-0.4, -0.2) is 29.8 Å². The molecule has 2 aromatic carbocycles. The molecule has 0 saturated heterocycles. The van der Waals surface area contributed by atoms with Gasteiger partial charge < -0.3 is 5.32 Å². The first-order valence-corrected chi connectivity index (χ1v) is 12.2. The molecule has 0 fully saturated rings. The zero-order valence-corrected chi connectivity index (χ0v) is 19.0. The molecule has 1 amide bonds. The second kappa shape index (κ2) is 8.81. The molecule has 0 radical (unpaired) electrons. The van der Waals surface area contributed by atoms with Gasteiger partial charge in [-0.05, 0) is 62.4 Å². The first kappa shape index (κ1) is 22.1. The van der Waals surface area contributed by atoms with Crippen molar-refractivity contribution in [3.8, 4) is 11.3 Å². The highest BCUT2D eigenvalue weighted by Gasteiger charge is 2.16. The van der Waals surface area contributed by atoms with E-state index in [1.807, 2.05) is 16.0 Å². The van der Waals surface area contributed by atoms with Gasteiger partial charge in [-0.3, -0.25) is 9.20 Å². The third-order valence-corrected chi connectivity index (χ3v) is 7.17. The molecule has 0 atom stereocenters. The molecule has 0 saturated carbocycles. The summed E-state index contributed by atoms with van der Waals surface area (Å²) in [4.78, 5) is 18.0. The first-order valence-electron chi connectivity index (χ1n) is 9.85. The Labute approximate surface area is 189 Å². The zero-order valence-electron chi connectivity index (χ0n) is 17.4. The van der Waals surface area contributed by atoms with Crippen molar-refractivity contribution < 1.29 is 17.6 Å². The number of nitrogens with one attached hydrogen (secondary N) is 2. The van der Waals surface area contributed by atoms with Gasteiger partial charge >= 0.3 is 0 Å². The van der Waals surface area contributed by atoms with Crippen molar-refractivity contribution in [2.24, 2.45) is 0 Å². The van der Waals surface area contributed by atoms with Crippen LogP contribution in [0, 0.1) is 5.82 Å². The largest absolute Gasteiger partial charge is 0.326 e. The van der Waals surface area contributed by atoms with Crippen LogP contribution in [-0.2, 0) is 21.2 Å². The van der Waals surface area contributed by atoms with Crippen molar-refractivity contribution in [3.63, 3.8) is 0 Å². The highest BCUT2D eigenvalue weighted by Crippen LogP contribution is 2.24. The van der Waals surface area contributed by atoms with Crippen LogP contribution in [0.5, 0.6) is 0 Å². The van der Waals surface area contributed by atoms with Crippen molar-refractivity contribution in [3.05, 3.63) is 71.6 Å². The van der Waals surface area contributed by atoms with Gasteiger partial charge in [0.25, 0.3) is 0 Å². The summed E-state index contributed by atoms with van der Waals surface area (Å²) in [7, 11) is -3.59. The molecule has 10 heteroatoms. The Hall–Kier alpha value is -3.08. The molecule has 2 N–H and O–H groups in total. The Kier molecular flexibility index (Phi) is 6.09. The highest BCUT2D eigenvalue weighted by molar-refractivity contribution is 7.89. The fraction of sp³-hybridized carbons (Fsp3) is 0.182. The number of anilines is 1. The molecule has 0 aliphatic heterocycles. The molecular formula is C22H21FN4O3S2. The molecule has 7 nitrogen and oxygen atoms in total. The molecule has 2 aromatic heterocycles. The number of thiazole rings is 1. The number of carbonyl (C=O) groups is 1. The lowest BCUT2D eigenvalue weighted by Gasteiger charge is -2.10. The van der Waals surface area contributed by atoms with Crippen LogP contribution in [0.1, 0.15) is 19.5 Å². The quantitative estimate of drug-likeness (QED) is 0.424. The number of amides is 1. The number of nitrogens with zero attached hydrogens (tertiary/aromatic N) is 2. The van der Waals surface area contributed by atoms with Gasteiger partial charge in [0.1, 0.15) is 5.82 Å². The van der Waals surface area contributed by atoms with Crippen molar-refractivity contribution in [2.75, 3.05) is 5.32 Å². The molecule has 0 spiro atoms. The summed E-state index contributed by atoms with van der Waals surface area (Å²) in [5, 5.41) is 4.65. The summed E-state index contributed by atoms with van der Waals surface area (Å²) in [5.41, 5.74) is 2.76. The third kappa shape index (κ3) is 4.87. The second-order valence-corrected chi connectivity index (χ2v) is 10.1. The second-order valence-electron chi connectivity index (χ2n) is 7.54. The van der Waals surface area contributed by atoms with Gasteiger partial charge in [-0.25, -0.2) is 22.5 Å². The molecule has 2 heterocycles. The maximum atomic E-state index is 13.2. The van der Waals surface area contributed by atoms with Crippen LogP contribution in [0.3, 0.4) is 0 Å². The molecular weight excluding hydrogens is 451 g/mol. The number of hydrogen-bond acceptors (Lipinski definition) is 5. The number of carbonyl (C=O) groups excluding carboxylic acids is 1. The van der Waals surface area contributed by atoms with Gasteiger partial charge in [0, 0.05) is 34.6 Å². The van der Waals surface area contributed by atoms with E-state index >= 15 is 0 Å². The fourth-order valence-corrected chi connectivity index (χ4v) is 5.31. The van der Waals surface area contributed by atoms with Gasteiger partial charge in [-0.2, -0.15) is 0 Å². The first-order chi connectivity index (χ1) is 15.2. The van der Waals surface area contributed by atoms with Gasteiger partial charge in [0.05, 0.1) is 17.0 Å². The lowest BCUT2D eigenvalue weighted by Crippen LogP contribution is -2.30. The Morgan fingerprint density at radius 1 is 1.12 bits per heavy atom. The predicted molar refractivity (Wildman–Crippen MR) is 123 cm³/mol. The van der Waals surface area contributed by atoms with E-state index in [4.69, 9.17) is 0 Å². The van der Waals surface area contributed by atoms with Crippen molar-refractivity contribution in [1.82, 2.24) is 14.1 Å². The number of halogens is 1. The van der Waals surface area contributed by atoms with Gasteiger partial charge in [-0.15, -0.1) is 11.3 Å². The molecule has 4 rings (SSSR count). The standard InChI is InChI=1S/C22H21FN4O3S2/c1-14(2)26-32(29,30)19-9-7-17(8-10-19)24-21(28)11-18-13-31-22-25-20(12-27(18)22)15-3-5-16(23)6-4-15/h3-10,12-14,26H,11H2,1-2H3,(H,24,28). The number of rotatable bonds is 7. The van der Waals surface area contributed by atoms with Crippen LogP contribution in [0.4, 0.5) is 10.1 Å². The predicted octanol–water partition coefficient (Wildman–Crippen LogP) is 4.07. The molecule has 4 aromatic rings. The average Bonchev–Trinajstić information content (AvgIpc) is 3.30. The van der Waals surface area contributed by atoms with E-state index in [2.05, 4.69) is 15.0 Å². The number of imidazole rings is 1. The van der Waals surface area contributed by atoms with Crippen molar-refractivity contribution in [2.45, 2.75) is 31.2 Å². The summed E-state index contributed by atoms with van der Waals surface area (Å²) in [6, 6.07) is 11.9. The van der Waals surface area contributed by atoms with Gasteiger partial charge in [0.15, 0.2) is 4.96 Å². The van der Waals surface area contributed by atoms with Crippen molar-refractivity contribution >= 4 is 37.9 Å². The molecule has 0 bridgehead atoms. The Bertz CT molecular complexity index is 1360. The van der Waals surface area contributed by atoms with Crippen LogP contribution in [0.15, 0.2) is 65.0 Å². The number of hydrogen-bond donors (Lipinski definition) is 2. The van der Waals surface area contributed by atoms with E-state index in [1.165, 1.54) is 35.6 Å². The number of benzene rings is 2.